The van der Waals surface area contributed by atoms with E-state index in [0.29, 0.717) is 33.0 Å². The lowest BCUT2D eigenvalue weighted by Crippen LogP contribution is -2.17. The molecule has 33 heavy (non-hydrogen) atoms. The minimum atomic E-state index is -0.186. The molecule has 0 fully saturated rings. The molecule has 0 spiro atoms. The molecule has 0 aliphatic heterocycles. The predicted molar refractivity (Wildman–Crippen MR) is 131 cm³/mol. The van der Waals surface area contributed by atoms with Gasteiger partial charge in [0.2, 0.25) is 5.91 Å². The highest BCUT2D eigenvalue weighted by Crippen LogP contribution is 2.28. The maximum absolute atomic E-state index is 12.5. The highest BCUT2D eigenvalue weighted by atomic mass is 35.5. The molecule has 0 saturated heterocycles. The van der Waals surface area contributed by atoms with Crippen molar-refractivity contribution in [2.24, 2.45) is 0 Å². The normalized spacial score (nSPS) is 10.9. The molecule has 0 radical (unpaired) electrons. The van der Waals surface area contributed by atoms with Crippen molar-refractivity contribution in [2.75, 3.05) is 11.1 Å². The zero-order chi connectivity index (χ0) is 23.8. The number of ketones is 1. The van der Waals surface area contributed by atoms with Crippen molar-refractivity contribution in [1.82, 2.24) is 14.8 Å². The van der Waals surface area contributed by atoms with Gasteiger partial charge in [-0.15, -0.1) is 10.2 Å². The Labute approximate surface area is 202 Å². The van der Waals surface area contributed by atoms with Crippen LogP contribution in [0.25, 0.3) is 0 Å². The molecule has 2 aromatic carbocycles. The highest BCUT2D eigenvalue weighted by Gasteiger charge is 2.20. The Bertz CT molecular complexity index is 1110. The number of Topliss-reactive ketones (excluding diaryl/α,β-unsaturated/α-hetero) is 1. The van der Waals surface area contributed by atoms with Crippen LogP contribution in [0, 0.1) is 0 Å². The summed E-state index contributed by atoms with van der Waals surface area (Å²) in [6.07, 6.45) is 1.79. The molecule has 9 heteroatoms. The number of para-hydroxylation sites is 1. The highest BCUT2D eigenvalue weighted by molar-refractivity contribution is 7.99. The van der Waals surface area contributed by atoms with Crippen LogP contribution in [0.4, 0.5) is 5.69 Å². The fourth-order valence-electron chi connectivity index (χ4n) is 3.37. The first kappa shape index (κ1) is 24.8. The molecule has 7 nitrogen and oxygen atoms in total. The van der Waals surface area contributed by atoms with Gasteiger partial charge in [-0.1, -0.05) is 61.5 Å². The van der Waals surface area contributed by atoms with E-state index < -0.39 is 0 Å². The molecule has 174 valence electrons. The van der Waals surface area contributed by atoms with Gasteiger partial charge in [-0.05, 0) is 44.0 Å². The van der Waals surface area contributed by atoms with Gasteiger partial charge >= 0.3 is 0 Å². The molecule has 0 bridgehead atoms. The van der Waals surface area contributed by atoms with E-state index in [2.05, 4.69) is 29.4 Å². The first-order valence-electron chi connectivity index (χ1n) is 10.8. The SMILES string of the molecule is CCC(CC)n1c(COc2ccccc2Cl)nnc1SCC(=O)Nc1cccc(C(C)=O)c1. The van der Waals surface area contributed by atoms with Crippen molar-refractivity contribution in [1.29, 1.82) is 0 Å². The Hall–Kier alpha value is -2.84. The van der Waals surface area contributed by atoms with Crippen molar-refractivity contribution < 1.29 is 14.3 Å². The van der Waals surface area contributed by atoms with Gasteiger partial charge in [0.05, 0.1) is 10.8 Å². The number of halogens is 1. The Morgan fingerprint density at radius 3 is 2.58 bits per heavy atom. The molecule has 3 rings (SSSR count). The van der Waals surface area contributed by atoms with Crippen molar-refractivity contribution in [2.45, 2.75) is 51.4 Å². The Kier molecular flexibility index (Phi) is 8.91. The van der Waals surface area contributed by atoms with Crippen LogP contribution in [0.5, 0.6) is 5.75 Å². The summed E-state index contributed by atoms with van der Waals surface area (Å²) >= 11 is 7.51. The minimum Gasteiger partial charge on any atom is -0.484 e. The van der Waals surface area contributed by atoms with Crippen LogP contribution in [-0.4, -0.2) is 32.2 Å². The van der Waals surface area contributed by atoms with Crippen LogP contribution in [0.1, 0.15) is 55.8 Å². The predicted octanol–water partition coefficient (Wildman–Crippen LogP) is 5.81. The molecule has 0 aliphatic rings. The summed E-state index contributed by atoms with van der Waals surface area (Å²) in [5.41, 5.74) is 1.14. The van der Waals surface area contributed by atoms with E-state index in [0.717, 1.165) is 12.8 Å². The summed E-state index contributed by atoms with van der Waals surface area (Å²) in [5.74, 6) is 1.19. The quantitative estimate of drug-likeness (QED) is 0.272. The topological polar surface area (TPSA) is 86.1 Å². The van der Waals surface area contributed by atoms with Gasteiger partial charge in [0.1, 0.15) is 12.4 Å². The van der Waals surface area contributed by atoms with E-state index >= 15 is 0 Å². The molecule has 0 aliphatic carbocycles. The number of nitrogens with zero attached hydrogens (tertiary/aromatic N) is 3. The number of anilines is 1. The van der Waals surface area contributed by atoms with E-state index in [-0.39, 0.29) is 30.1 Å². The van der Waals surface area contributed by atoms with Crippen molar-refractivity contribution in [3.63, 3.8) is 0 Å². The average molecular weight is 487 g/mol. The maximum Gasteiger partial charge on any atom is 0.234 e. The standard InChI is InChI=1S/C24H27ClN4O3S/c1-4-19(5-2)29-22(14-32-21-12-7-6-11-20(21)25)27-28-24(29)33-15-23(31)26-18-10-8-9-17(13-18)16(3)30/h6-13,19H,4-5,14-15H2,1-3H3,(H,26,31). The number of benzene rings is 2. The van der Waals surface area contributed by atoms with E-state index in [1.165, 1.54) is 18.7 Å². The monoisotopic (exact) mass is 486 g/mol. The van der Waals surface area contributed by atoms with Crippen molar-refractivity contribution in [3.05, 3.63) is 64.9 Å². The lowest BCUT2D eigenvalue weighted by Gasteiger charge is -2.19. The summed E-state index contributed by atoms with van der Waals surface area (Å²) in [6.45, 7) is 5.93. The largest absolute Gasteiger partial charge is 0.484 e. The lowest BCUT2D eigenvalue weighted by molar-refractivity contribution is -0.113. The minimum absolute atomic E-state index is 0.0507. The van der Waals surface area contributed by atoms with Gasteiger partial charge in [-0.3, -0.25) is 9.59 Å². The van der Waals surface area contributed by atoms with Gasteiger partial charge in [-0.2, -0.15) is 0 Å². The number of rotatable bonds is 11. The second kappa shape index (κ2) is 11.9. The van der Waals surface area contributed by atoms with E-state index in [1.807, 2.05) is 16.7 Å². The zero-order valence-electron chi connectivity index (χ0n) is 18.9. The number of carbonyl (C=O) groups excluding carboxylic acids is 2. The zero-order valence-corrected chi connectivity index (χ0v) is 20.4. The molecule has 3 aromatic rings. The third-order valence-corrected chi connectivity index (χ3v) is 6.38. The van der Waals surface area contributed by atoms with Crippen LogP contribution in [0.15, 0.2) is 53.7 Å². The number of thioether (sulfide) groups is 1. The Balaban J connectivity index is 1.70. The van der Waals surface area contributed by atoms with Crippen molar-refractivity contribution >= 4 is 40.7 Å². The first-order chi connectivity index (χ1) is 15.9. The molecular weight excluding hydrogens is 460 g/mol. The fraction of sp³-hybridized carbons (Fsp3) is 0.333. The Morgan fingerprint density at radius 2 is 1.88 bits per heavy atom. The summed E-state index contributed by atoms with van der Waals surface area (Å²) in [7, 11) is 0. The second-order valence-electron chi connectivity index (χ2n) is 7.43. The summed E-state index contributed by atoms with van der Waals surface area (Å²) in [4.78, 5) is 24.1. The van der Waals surface area contributed by atoms with E-state index in [9.17, 15) is 9.59 Å². The first-order valence-corrected chi connectivity index (χ1v) is 12.1. The number of ether oxygens (including phenoxy) is 1. The summed E-state index contributed by atoms with van der Waals surface area (Å²) in [6, 6.07) is 14.4. The number of hydrogen-bond donors (Lipinski definition) is 1. The van der Waals surface area contributed by atoms with Gasteiger partial charge < -0.3 is 14.6 Å². The average Bonchev–Trinajstić information content (AvgIpc) is 3.21. The van der Waals surface area contributed by atoms with Crippen LogP contribution < -0.4 is 10.1 Å². The molecule has 1 N–H and O–H groups in total. The van der Waals surface area contributed by atoms with E-state index in [4.69, 9.17) is 16.3 Å². The fourth-order valence-corrected chi connectivity index (χ4v) is 4.39. The maximum atomic E-state index is 12.5. The van der Waals surface area contributed by atoms with Crippen LogP contribution in [0.2, 0.25) is 5.02 Å². The molecule has 0 unspecified atom stereocenters. The second-order valence-corrected chi connectivity index (χ2v) is 8.78. The number of aromatic nitrogens is 3. The van der Waals surface area contributed by atoms with Gasteiger partial charge in [0, 0.05) is 17.3 Å². The van der Waals surface area contributed by atoms with Gasteiger partial charge in [0.15, 0.2) is 16.8 Å². The summed E-state index contributed by atoms with van der Waals surface area (Å²) in [5, 5.41) is 12.7. The number of hydrogen-bond acceptors (Lipinski definition) is 6. The third kappa shape index (κ3) is 6.58. The molecule has 1 amide bonds. The molecule has 0 atom stereocenters. The number of nitrogens with one attached hydrogen (secondary N) is 1. The van der Waals surface area contributed by atoms with Crippen molar-refractivity contribution in [3.8, 4) is 5.75 Å². The molecule has 1 heterocycles. The van der Waals surface area contributed by atoms with Crippen LogP contribution in [-0.2, 0) is 11.4 Å². The third-order valence-electron chi connectivity index (χ3n) is 5.12. The molecule has 1 aromatic heterocycles. The van der Waals surface area contributed by atoms with Crippen LogP contribution >= 0.6 is 23.4 Å². The lowest BCUT2D eigenvalue weighted by atomic mass is 10.1. The number of amides is 1. The smallest absolute Gasteiger partial charge is 0.234 e. The number of carbonyl (C=O) groups is 2. The van der Waals surface area contributed by atoms with Gasteiger partial charge in [0.25, 0.3) is 0 Å². The molecular formula is C24H27ClN4O3S. The van der Waals surface area contributed by atoms with Crippen LogP contribution in [0.3, 0.4) is 0 Å². The molecule has 0 saturated carbocycles. The summed E-state index contributed by atoms with van der Waals surface area (Å²) < 4.78 is 7.93. The Morgan fingerprint density at radius 1 is 1.12 bits per heavy atom. The van der Waals surface area contributed by atoms with E-state index in [1.54, 1.807) is 36.4 Å². The van der Waals surface area contributed by atoms with Gasteiger partial charge in [-0.25, -0.2) is 0 Å².